The van der Waals surface area contributed by atoms with E-state index < -0.39 is 11.7 Å². The van der Waals surface area contributed by atoms with Gasteiger partial charge in [0.1, 0.15) is 5.69 Å². The molecule has 0 aliphatic rings. The molecule has 1 aromatic carbocycles. The monoisotopic (exact) mass is 411 g/mol. The lowest BCUT2D eigenvalue weighted by Crippen LogP contribution is -2.26. The second-order valence-corrected chi connectivity index (χ2v) is 6.75. The van der Waals surface area contributed by atoms with Crippen LogP contribution >= 0.6 is 11.3 Å². The number of thiazole rings is 1. The molecule has 28 heavy (non-hydrogen) atoms. The Hall–Kier alpha value is -2.88. The maximum absolute atomic E-state index is 12.9. The van der Waals surface area contributed by atoms with Crippen LogP contribution in [0.5, 0.6) is 0 Å². The lowest BCUT2D eigenvalue weighted by Gasteiger charge is -2.07. The van der Waals surface area contributed by atoms with E-state index in [0.717, 1.165) is 12.1 Å². The molecule has 0 atom stereocenters. The van der Waals surface area contributed by atoms with Gasteiger partial charge in [0.05, 0.1) is 18.4 Å². The van der Waals surface area contributed by atoms with E-state index in [0.29, 0.717) is 34.9 Å². The topological polar surface area (TPSA) is 72.7 Å². The van der Waals surface area contributed by atoms with Gasteiger partial charge in [-0.1, -0.05) is 12.1 Å². The highest BCUT2D eigenvalue weighted by Crippen LogP contribution is 2.32. The number of imidazole rings is 1. The zero-order valence-corrected chi connectivity index (χ0v) is 15.6. The van der Waals surface area contributed by atoms with Gasteiger partial charge in [0.25, 0.3) is 5.91 Å². The molecule has 1 N–H and O–H groups in total. The van der Waals surface area contributed by atoms with E-state index in [4.69, 9.17) is 0 Å². The van der Waals surface area contributed by atoms with Crippen LogP contribution in [-0.2, 0) is 15.7 Å². The molecule has 6 nitrogen and oxygen atoms in total. The predicted octanol–water partition coefficient (Wildman–Crippen LogP) is 3.76. The second kappa shape index (κ2) is 8.01. The first kappa shape index (κ1) is 19.9. The molecule has 2 aromatic heterocycles. The Kier molecular flexibility index (Phi) is 5.68. The number of carbonyl (C=O) groups excluding carboxylic acids is 2. The summed E-state index contributed by atoms with van der Waals surface area (Å²) in [4.78, 5) is 28.2. The summed E-state index contributed by atoms with van der Waals surface area (Å²) >= 11 is 1.21. The van der Waals surface area contributed by atoms with E-state index in [1.165, 1.54) is 41.2 Å². The van der Waals surface area contributed by atoms with Gasteiger partial charge in [-0.2, -0.15) is 13.2 Å². The fraction of sp³-hybridized carbons (Fsp3) is 0.278. The highest BCUT2D eigenvalue weighted by atomic mass is 32.1. The fourth-order valence-corrected chi connectivity index (χ4v) is 3.42. The van der Waals surface area contributed by atoms with Crippen LogP contribution in [0.2, 0.25) is 0 Å². The lowest BCUT2D eigenvalue weighted by molar-refractivity contribution is -0.140. The Morgan fingerprint density at radius 3 is 2.82 bits per heavy atom. The number of ether oxygens (including phenoxy) is 1. The number of esters is 1. The van der Waals surface area contributed by atoms with Crippen molar-refractivity contribution in [2.24, 2.45) is 0 Å². The smallest absolute Gasteiger partial charge is 0.416 e. The largest absolute Gasteiger partial charge is 0.469 e. The maximum Gasteiger partial charge on any atom is 0.416 e. The van der Waals surface area contributed by atoms with Crippen molar-refractivity contribution < 1.29 is 27.5 Å². The third-order valence-electron chi connectivity index (χ3n) is 4.00. The Morgan fingerprint density at radius 1 is 1.32 bits per heavy atom. The minimum atomic E-state index is -4.44. The number of nitrogens with one attached hydrogen (secondary N) is 1. The first-order valence-electron chi connectivity index (χ1n) is 8.29. The second-order valence-electron chi connectivity index (χ2n) is 5.91. The molecule has 3 rings (SSSR count). The summed E-state index contributed by atoms with van der Waals surface area (Å²) in [7, 11) is 1.30. The van der Waals surface area contributed by atoms with Crippen LogP contribution in [0.4, 0.5) is 13.2 Å². The standard InChI is InChI=1S/C18H16F3N3O3S/c1-27-15(25)6-3-7-22-16(26)14-10-28-17-23-13(9-24(14)17)11-4-2-5-12(8-11)18(19,20)21/h2,4-5,8-10H,3,6-7H2,1H3,(H,22,26). The van der Waals surface area contributed by atoms with E-state index in [1.54, 1.807) is 5.38 Å². The molecule has 0 unspecified atom stereocenters. The zero-order chi connectivity index (χ0) is 20.3. The molecule has 0 saturated heterocycles. The minimum absolute atomic E-state index is 0.195. The Bertz CT molecular complexity index is 1010. The number of alkyl halides is 3. The number of fused-ring (bicyclic) bond motifs is 1. The summed E-state index contributed by atoms with van der Waals surface area (Å²) in [6, 6.07) is 4.88. The van der Waals surface area contributed by atoms with Gasteiger partial charge in [-0.05, 0) is 18.6 Å². The molecule has 0 bridgehead atoms. The summed E-state index contributed by atoms with van der Waals surface area (Å²) in [6.07, 6.45) is -2.28. The summed E-state index contributed by atoms with van der Waals surface area (Å²) in [5, 5.41) is 4.32. The molecule has 0 aliphatic carbocycles. The number of hydrogen-bond acceptors (Lipinski definition) is 5. The average Bonchev–Trinajstić information content (AvgIpc) is 3.25. The molecule has 0 spiro atoms. The van der Waals surface area contributed by atoms with Gasteiger partial charge in [0.2, 0.25) is 0 Å². The van der Waals surface area contributed by atoms with Gasteiger partial charge in [0, 0.05) is 30.1 Å². The number of methoxy groups -OCH3 is 1. The molecular weight excluding hydrogens is 395 g/mol. The van der Waals surface area contributed by atoms with Gasteiger partial charge in [-0.3, -0.25) is 14.0 Å². The fourth-order valence-electron chi connectivity index (χ4n) is 2.57. The van der Waals surface area contributed by atoms with Gasteiger partial charge >= 0.3 is 12.1 Å². The third-order valence-corrected chi connectivity index (χ3v) is 4.84. The van der Waals surface area contributed by atoms with Crippen molar-refractivity contribution in [3.8, 4) is 11.3 Å². The highest BCUT2D eigenvalue weighted by Gasteiger charge is 2.30. The average molecular weight is 411 g/mol. The Morgan fingerprint density at radius 2 is 2.11 bits per heavy atom. The summed E-state index contributed by atoms with van der Waals surface area (Å²) in [5.41, 5.74) is 0.224. The zero-order valence-electron chi connectivity index (χ0n) is 14.7. The lowest BCUT2D eigenvalue weighted by atomic mass is 10.1. The van der Waals surface area contributed by atoms with E-state index in [1.807, 2.05) is 0 Å². The molecule has 10 heteroatoms. The molecule has 3 aromatic rings. The van der Waals surface area contributed by atoms with E-state index in [9.17, 15) is 22.8 Å². The van der Waals surface area contributed by atoms with Crippen LogP contribution in [0.15, 0.2) is 35.8 Å². The molecule has 0 saturated carbocycles. The Balaban J connectivity index is 1.76. The predicted molar refractivity (Wildman–Crippen MR) is 97.1 cm³/mol. The van der Waals surface area contributed by atoms with Crippen LogP contribution in [-0.4, -0.2) is 34.9 Å². The van der Waals surface area contributed by atoms with E-state index in [2.05, 4.69) is 15.0 Å². The molecule has 1 amide bonds. The van der Waals surface area contributed by atoms with Crippen molar-refractivity contribution in [3.05, 3.63) is 47.1 Å². The number of carbonyl (C=O) groups is 2. The van der Waals surface area contributed by atoms with Gasteiger partial charge in [0.15, 0.2) is 4.96 Å². The molecule has 0 aliphatic heterocycles. The number of benzene rings is 1. The van der Waals surface area contributed by atoms with Crippen LogP contribution in [0.3, 0.4) is 0 Å². The number of nitrogens with zero attached hydrogens (tertiary/aromatic N) is 2. The number of halogens is 3. The van der Waals surface area contributed by atoms with Crippen molar-refractivity contribution in [2.75, 3.05) is 13.7 Å². The number of hydrogen-bond donors (Lipinski definition) is 1. The van der Waals surface area contributed by atoms with Crippen molar-refractivity contribution >= 4 is 28.2 Å². The van der Waals surface area contributed by atoms with E-state index in [-0.39, 0.29) is 18.3 Å². The normalized spacial score (nSPS) is 11.6. The van der Waals surface area contributed by atoms with E-state index >= 15 is 0 Å². The minimum Gasteiger partial charge on any atom is -0.469 e. The number of amides is 1. The van der Waals surface area contributed by atoms with Crippen LogP contribution in [0.1, 0.15) is 28.9 Å². The molecular formula is C18H16F3N3O3S. The highest BCUT2D eigenvalue weighted by molar-refractivity contribution is 7.15. The maximum atomic E-state index is 12.9. The molecule has 0 radical (unpaired) electrons. The van der Waals surface area contributed by atoms with Crippen molar-refractivity contribution in [3.63, 3.8) is 0 Å². The van der Waals surface area contributed by atoms with Crippen molar-refractivity contribution in [1.29, 1.82) is 0 Å². The third kappa shape index (κ3) is 4.33. The summed E-state index contributed by atoms with van der Waals surface area (Å²) < 4.78 is 44.8. The molecule has 148 valence electrons. The SMILES string of the molecule is COC(=O)CCCNC(=O)c1csc2nc(-c3cccc(C(F)(F)F)c3)cn12. The van der Waals surface area contributed by atoms with Crippen molar-refractivity contribution in [2.45, 2.75) is 19.0 Å². The van der Waals surface area contributed by atoms with Gasteiger partial charge in [-0.25, -0.2) is 4.98 Å². The summed E-state index contributed by atoms with van der Waals surface area (Å²) in [5.74, 6) is -0.711. The molecule has 2 heterocycles. The Labute approximate surface area is 162 Å². The van der Waals surface area contributed by atoms with Crippen LogP contribution in [0, 0.1) is 0 Å². The number of rotatable bonds is 6. The molecule has 0 fully saturated rings. The van der Waals surface area contributed by atoms with Gasteiger partial charge in [-0.15, -0.1) is 11.3 Å². The number of aromatic nitrogens is 2. The first-order chi connectivity index (χ1) is 13.3. The summed E-state index contributed by atoms with van der Waals surface area (Å²) in [6.45, 7) is 0.292. The van der Waals surface area contributed by atoms with Crippen LogP contribution in [0.25, 0.3) is 16.2 Å². The van der Waals surface area contributed by atoms with Gasteiger partial charge < -0.3 is 10.1 Å². The van der Waals surface area contributed by atoms with Crippen molar-refractivity contribution in [1.82, 2.24) is 14.7 Å². The van der Waals surface area contributed by atoms with Crippen LogP contribution < -0.4 is 5.32 Å². The first-order valence-corrected chi connectivity index (χ1v) is 9.17. The quantitative estimate of drug-likeness (QED) is 0.495.